The lowest BCUT2D eigenvalue weighted by Crippen LogP contribution is -2.04. The van der Waals surface area contributed by atoms with Gasteiger partial charge in [-0.15, -0.1) is 0 Å². The van der Waals surface area contributed by atoms with Crippen molar-refractivity contribution in [3.63, 3.8) is 0 Å². The van der Waals surface area contributed by atoms with Crippen molar-refractivity contribution in [1.29, 1.82) is 0 Å². The Kier molecular flexibility index (Phi) is 4.13. The third-order valence-corrected chi connectivity index (χ3v) is 3.57. The van der Waals surface area contributed by atoms with Gasteiger partial charge in [0.2, 0.25) is 0 Å². The maximum Gasteiger partial charge on any atom is 0.147 e. The quantitative estimate of drug-likeness (QED) is 0.783. The molecule has 3 heteroatoms. The van der Waals surface area contributed by atoms with E-state index in [0.717, 1.165) is 10.0 Å². The summed E-state index contributed by atoms with van der Waals surface area (Å²) in [5.74, 6) is 0.200. The molecule has 1 rings (SSSR count). The van der Waals surface area contributed by atoms with E-state index >= 15 is 0 Å². The van der Waals surface area contributed by atoms with Gasteiger partial charge < -0.3 is 0 Å². The predicted octanol–water partition coefficient (Wildman–Crippen LogP) is 3.26. The van der Waals surface area contributed by atoms with E-state index in [9.17, 15) is 4.79 Å². The second-order valence-electron chi connectivity index (χ2n) is 2.90. The summed E-state index contributed by atoms with van der Waals surface area (Å²) >= 11 is 6.62. The van der Waals surface area contributed by atoms with Gasteiger partial charge in [-0.1, -0.05) is 50.1 Å². The summed E-state index contributed by atoms with van der Waals surface area (Å²) < 4.78 is 1.05. The van der Waals surface area contributed by atoms with Crippen LogP contribution >= 0.6 is 31.9 Å². The van der Waals surface area contributed by atoms with Gasteiger partial charge in [-0.05, 0) is 18.1 Å². The number of aryl methyl sites for hydroxylation is 1. The highest BCUT2D eigenvalue weighted by molar-refractivity contribution is 9.10. The monoisotopic (exact) mass is 304 g/mol. The van der Waals surface area contributed by atoms with Crippen molar-refractivity contribution in [1.82, 2.24) is 0 Å². The van der Waals surface area contributed by atoms with Gasteiger partial charge in [0, 0.05) is 10.9 Å². The minimum absolute atomic E-state index is 0.200. The first-order valence-corrected chi connectivity index (χ1v) is 5.88. The number of Topliss-reactive ketones (excluding diaryl/α,β-unsaturated/α-hetero) is 1. The molecule has 0 fully saturated rings. The van der Waals surface area contributed by atoms with Crippen LogP contribution in [0, 0.1) is 6.92 Å². The van der Waals surface area contributed by atoms with Crippen molar-refractivity contribution in [2.45, 2.75) is 13.3 Å². The first-order chi connectivity index (χ1) is 6.15. The number of hydrogen-bond acceptors (Lipinski definition) is 1. The van der Waals surface area contributed by atoms with E-state index in [4.69, 9.17) is 0 Å². The fraction of sp³-hybridized carbons (Fsp3) is 0.300. The van der Waals surface area contributed by atoms with Crippen LogP contribution in [0.1, 0.15) is 11.1 Å². The molecule has 0 radical (unpaired) electrons. The number of ketones is 1. The summed E-state index contributed by atoms with van der Waals surface area (Å²) in [6.45, 7) is 2.02. The molecule has 0 heterocycles. The lowest BCUT2D eigenvalue weighted by molar-refractivity contribution is -0.115. The highest BCUT2D eigenvalue weighted by Gasteiger charge is 2.06. The van der Waals surface area contributed by atoms with Crippen molar-refractivity contribution in [2.24, 2.45) is 0 Å². The van der Waals surface area contributed by atoms with Gasteiger partial charge in [-0.2, -0.15) is 0 Å². The third-order valence-electron chi connectivity index (χ3n) is 1.81. The van der Waals surface area contributed by atoms with Gasteiger partial charge in [0.05, 0.1) is 5.33 Å². The molecule has 70 valence electrons. The smallest absolute Gasteiger partial charge is 0.147 e. The molecule has 0 amide bonds. The average molecular weight is 306 g/mol. The molecule has 0 spiro atoms. The van der Waals surface area contributed by atoms with Gasteiger partial charge in [0.25, 0.3) is 0 Å². The zero-order valence-electron chi connectivity index (χ0n) is 7.31. The fourth-order valence-corrected chi connectivity index (χ4v) is 1.71. The highest BCUT2D eigenvalue weighted by Crippen LogP contribution is 2.21. The normalized spacial score (nSPS) is 10.1. The lowest BCUT2D eigenvalue weighted by atomic mass is 10.1. The van der Waals surface area contributed by atoms with Gasteiger partial charge in [0.1, 0.15) is 5.78 Å². The summed E-state index contributed by atoms with van der Waals surface area (Å²) in [5.41, 5.74) is 2.23. The van der Waals surface area contributed by atoms with E-state index < -0.39 is 0 Å². The zero-order valence-corrected chi connectivity index (χ0v) is 10.5. The molecule has 1 aromatic carbocycles. The molecule has 0 aromatic heterocycles. The Morgan fingerprint density at radius 3 is 2.77 bits per heavy atom. The Labute approximate surface area is 94.8 Å². The van der Waals surface area contributed by atoms with E-state index in [1.165, 1.54) is 5.56 Å². The summed E-state index contributed by atoms with van der Waals surface area (Å²) in [4.78, 5) is 11.2. The molecule has 0 aliphatic rings. The average Bonchev–Trinajstić information content (AvgIpc) is 2.13. The second-order valence-corrected chi connectivity index (χ2v) is 4.25. The van der Waals surface area contributed by atoms with Crippen LogP contribution in [0.15, 0.2) is 22.7 Å². The highest BCUT2D eigenvalue weighted by atomic mass is 79.9. The third kappa shape index (κ3) is 2.92. The van der Waals surface area contributed by atoms with Crippen molar-refractivity contribution >= 4 is 37.6 Å². The number of halogens is 2. The van der Waals surface area contributed by atoms with Crippen LogP contribution in [-0.4, -0.2) is 11.1 Å². The van der Waals surface area contributed by atoms with Crippen LogP contribution in [0.4, 0.5) is 0 Å². The van der Waals surface area contributed by atoms with Crippen molar-refractivity contribution in [3.8, 4) is 0 Å². The number of benzene rings is 1. The molecule has 0 aliphatic carbocycles. The summed E-state index contributed by atoms with van der Waals surface area (Å²) in [5, 5.41) is 0.424. The molecule has 1 aromatic rings. The Balaban J connectivity index is 2.89. The summed E-state index contributed by atoms with van der Waals surface area (Å²) in [6, 6.07) is 5.96. The Hall–Kier alpha value is -0.150. The minimum atomic E-state index is 0.200. The number of alkyl halides is 1. The molecular weight excluding hydrogens is 296 g/mol. The molecule has 0 unspecified atom stereocenters. The van der Waals surface area contributed by atoms with Crippen LogP contribution < -0.4 is 0 Å². The fourth-order valence-electron chi connectivity index (χ4n) is 1.10. The molecule has 0 atom stereocenters. The van der Waals surface area contributed by atoms with E-state index in [2.05, 4.69) is 31.9 Å². The van der Waals surface area contributed by atoms with Crippen molar-refractivity contribution in [2.75, 3.05) is 5.33 Å². The van der Waals surface area contributed by atoms with Crippen LogP contribution in [0.25, 0.3) is 0 Å². The van der Waals surface area contributed by atoms with Crippen molar-refractivity contribution < 1.29 is 4.79 Å². The Bertz CT molecular complexity index is 321. The summed E-state index contributed by atoms with van der Waals surface area (Å²) in [7, 11) is 0. The van der Waals surface area contributed by atoms with Crippen LogP contribution in [0.3, 0.4) is 0 Å². The van der Waals surface area contributed by atoms with Crippen LogP contribution in [0.2, 0.25) is 0 Å². The van der Waals surface area contributed by atoms with Gasteiger partial charge in [-0.3, -0.25) is 4.79 Å². The van der Waals surface area contributed by atoms with Gasteiger partial charge in [0.15, 0.2) is 0 Å². The van der Waals surface area contributed by atoms with Gasteiger partial charge in [-0.25, -0.2) is 0 Å². The second kappa shape index (κ2) is 4.91. The number of hydrogen-bond donors (Lipinski definition) is 0. The largest absolute Gasteiger partial charge is 0.298 e. The van der Waals surface area contributed by atoms with Gasteiger partial charge >= 0.3 is 0 Å². The molecule has 1 nitrogen and oxygen atoms in total. The topological polar surface area (TPSA) is 17.1 Å². The maximum atomic E-state index is 11.2. The first kappa shape index (κ1) is 10.9. The van der Waals surface area contributed by atoms with E-state index in [1.807, 2.05) is 25.1 Å². The molecular formula is C10H10Br2O. The van der Waals surface area contributed by atoms with E-state index in [0.29, 0.717) is 11.8 Å². The maximum absolute atomic E-state index is 11.2. The van der Waals surface area contributed by atoms with Crippen LogP contribution in [-0.2, 0) is 11.2 Å². The molecule has 0 N–H and O–H groups in total. The molecule has 0 saturated carbocycles. The minimum Gasteiger partial charge on any atom is -0.298 e. The summed E-state index contributed by atoms with van der Waals surface area (Å²) in [6.07, 6.45) is 0.494. The Morgan fingerprint density at radius 2 is 2.15 bits per heavy atom. The number of rotatable bonds is 3. The van der Waals surface area contributed by atoms with E-state index in [-0.39, 0.29) is 5.78 Å². The standard InChI is InChI=1S/C10H10Br2O/c1-7-3-2-4-8(10(7)12)5-9(13)6-11/h2-4H,5-6H2,1H3. The Morgan fingerprint density at radius 1 is 1.46 bits per heavy atom. The van der Waals surface area contributed by atoms with E-state index in [1.54, 1.807) is 0 Å². The molecule has 13 heavy (non-hydrogen) atoms. The number of carbonyl (C=O) groups is 1. The molecule has 0 saturated heterocycles. The van der Waals surface area contributed by atoms with Crippen LogP contribution in [0.5, 0.6) is 0 Å². The zero-order chi connectivity index (χ0) is 9.84. The lowest BCUT2D eigenvalue weighted by Gasteiger charge is -2.04. The SMILES string of the molecule is Cc1cccc(CC(=O)CBr)c1Br. The first-order valence-electron chi connectivity index (χ1n) is 3.97. The molecule has 0 bridgehead atoms. The predicted molar refractivity (Wildman–Crippen MR) is 61.4 cm³/mol. The van der Waals surface area contributed by atoms with Crippen molar-refractivity contribution in [3.05, 3.63) is 33.8 Å². The molecule has 0 aliphatic heterocycles. The number of carbonyl (C=O) groups excluding carboxylic acids is 1.